The molecule has 0 saturated carbocycles. The fourth-order valence-corrected chi connectivity index (χ4v) is 3.33. The number of hydrazone groups is 1. The molecule has 2 aliphatic rings. The summed E-state index contributed by atoms with van der Waals surface area (Å²) >= 11 is 0. The molecule has 1 aromatic carbocycles. The van der Waals surface area contributed by atoms with Crippen LogP contribution in [-0.4, -0.2) is 47.3 Å². The van der Waals surface area contributed by atoms with Crippen LogP contribution in [0.2, 0.25) is 0 Å². The van der Waals surface area contributed by atoms with Crippen molar-refractivity contribution in [3.05, 3.63) is 35.4 Å². The molecule has 0 bridgehead atoms. The highest BCUT2D eigenvalue weighted by Gasteiger charge is 2.21. The quantitative estimate of drug-likeness (QED) is 0.645. The van der Waals surface area contributed by atoms with E-state index in [9.17, 15) is 0 Å². The standard InChI is InChI=1S/C19H22N8/c20-13-15-5-7-16(8-6-15)14-21-25-17-22-18(26-9-1-2-10-26)24-19(23-17)27-11-3-4-12-27/h5-8,14H,1-4,9-12H2,(H,22,23,24,25). The Morgan fingerprint density at radius 2 is 1.44 bits per heavy atom. The highest BCUT2D eigenvalue weighted by atomic mass is 15.4. The Morgan fingerprint density at radius 3 is 1.96 bits per heavy atom. The number of hydrogen-bond acceptors (Lipinski definition) is 8. The smallest absolute Gasteiger partial charge is 0.250 e. The maximum atomic E-state index is 8.86. The molecule has 2 fully saturated rings. The average molecular weight is 362 g/mol. The predicted octanol–water partition coefficient (Wildman–Crippen LogP) is 2.39. The van der Waals surface area contributed by atoms with Crippen molar-refractivity contribution in [1.29, 1.82) is 5.26 Å². The van der Waals surface area contributed by atoms with E-state index in [1.807, 2.05) is 12.1 Å². The Balaban J connectivity index is 1.53. The van der Waals surface area contributed by atoms with Crippen LogP contribution in [0.4, 0.5) is 17.8 Å². The minimum absolute atomic E-state index is 0.457. The molecule has 2 aromatic rings. The van der Waals surface area contributed by atoms with E-state index in [-0.39, 0.29) is 0 Å². The van der Waals surface area contributed by atoms with Crippen molar-refractivity contribution in [3.8, 4) is 6.07 Å². The maximum absolute atomic E-state index is 8.86. The van der Waals surface area contributed by atoms with Gasteiger partial charge in [0.15, 0.2) is 0 Å². The third-order valence-corrected chi connectivity index (χ3v) is 4.81. The number of nitrogens with one attached hydrogen (secondary N) is 1. The normalized spacial score (nSPS) is 16.9. The van der Waals surface area contributed by atoms with E-state index in [0.717, 1.165) is 43.6 Å². The third-order valence-electron chi connectivity index (χ3n) is 4.81. The first-order chi connectivity index (χ1) is 13.3. The van der Waals surface area contributed by atoms with Crippen LogP contribution in [0.1, 0.15) is 36.8 Å². The van der Waals surface area contributed by atoms with E-state index < -0.39 is 0 Å². The van der Waals surface area contributed by atoms with Crippen LogP contribution in [0.15, 0.2) is 29.4 Å². The molecular formula is C19H22N8. The molecule has 4 rings (SSSR count). The van der Waals surface area contributed by atoms with E-state index in [1.54, 1.807) is 18.3 Å². The largest absolute Gasteiger partial charge is 0.341 e. The Hall–Kier alpha value is -3.21. The molecule has 0 atom stereocenters. The first-order valence-electron chi connectivity index (χ1n) is 9.37. The maximum Gasteiger partial charge on any atom is 0.250 e. The lowest BCUT2D eigenvalue weighted by Gasteiger charge is -2.20. The fraction of sp³-hybridized carbons (Fsp3) is 0.421. The van der Waals surface area contributed by atoms with Crippen LogP contribution in [0.3, 0.4) is 0 Å². The minimum atomic E-state index is 0.457. The molecule has 138 valence electrons. The van der Waals surface area contributed by atoms with Gasteiger partial charge in [-0.15, -0.1) is 0 Å². The van der Waals surface area contributed by atoms with Crippen molar-refractivity contribution in [2.24, 2.45) is 5.10 Å². The van der Waals surface area contributed by atoms with Crippen LogP contribution < -0.4 is 15.2 Å². The predicted molar refractivity (Wildman–Crippen MR) is 105 cm³/mol. The number of benzene rings is 1. The zero-order valence-corrected chi connectivity index (χ0v) is 15.2. The summed E-state index contributed by atoms with van der Waals surface area (Å²) in [6, 6.07) is 9.34. The summed E-state index contributed by atoms with van der Waals surface area (Å²) in [4.78, 5) is 18.2. The molecule has 0 radical (unpaired) electrons. The van der Waals surface area contributed by atoms with Gasteiger partial charge in [-0.2, -0.15) is 25.3 Å². The van der Waals surface area contributed by atoms with E-state index in [4.69, 9.17) is 5.26 Å². The molecule has 8 nitrogen and oxygen atoms in total. The Labute approximate surface area is 158 Å². The molecule has 2 aliphatic heterocycles. The molecule has 8 heteroatoms. The van der Waals surface area contributed by atoms with Crippen LogP contribution in [0, 0.1) is 11.3 Å². The topological polar surface area (TPSA) is 93.3 Å². The SMILES string of the molecule is N#Cc1ccc(C=NNc2nc(N3CCCC3)nc(N3CCCC3)n2)cc1. The molecular weight excluding hydrogens is 340 g/mol. The van der Waals surface area contributed by atoms with E-state index in [0.29, 0.717) is 11.5 Å². The van der Waals surface area contributed by atoms with Crippen molar-refractivity contribution in [3.63, 3.8) is 0 Å². The molecule has 1 aromatic heterocycles. The molecule has 0 amide bonds. The van der Waals surface area contributed by atoms with Gasteiger partial charge in [0.25, 0.3) is 0 Å². The molecule has 2 saturated heterocycles. The molecule has 27 heavy (non-hydrogen) atoms. The Kier molecular flexibility index (Phi) is 5.10. The molecule has 1 N–H and O–H groups in total. The van der Waals surface area contributed by atoms with Gasteiger partial charge in [0.2, 0.25) is 17.8 Å². The van der Waals surface area contributed by atoms with E-state index >= 15 is 0 Å². The summed E-state index contributed by atoms with van der Waals surface area (Å²) in [6.07, 6.45) is 6.37. The highest BCUT2D eigenvalue weighted by Crippen LogP contribution is 2.22. The van der Waals surface area contributed by atoms with Crippen molar-refractivity contribution in [2.75, 3.05) is 41.4 Å². The fourth-order valence-electron chi connectivity index (χ4n) is 3.33. The first kappa shape index (κ1) is 17.2. The van der Waals surface area contributed by atoms with Crippen molar-refractivity contribution < 1.29 is 0 Å². The van der Waals surface area contributed by atoms with Crippen LogP contribution in [-0.2, 0) is 0 Å². The number of nitrogens with zero attached hydrogens (tertiary/aromatic N) is 7. The summed E-state index contributed by atoms with van der Waals surface area (Å²) < 4.78 is 0. The van der Waals surface area contributed by atoms with E-state index in [2.05, 4.69) is 41.3 Å². The van der Waals surface area contributed by atoms with Crippen LogP contribution in [0.25, 0.3) is 0 Å². The second-order valence-electron chi connectivity index (χ2n) is 6.75. The van der Waals surface area contributed by atoms with Gasteiger partial charge in [-0.25, -0.2) is 5.43 Å². The zero-order chi connectivity index (χ0) is 18.5. The monoisotopic (exact) mass is 362 g/mol. The number of anilines is 3. The van der Waals surface area contributed by atoms with E-state index in [1.165, 1.54) is 25.7 Å². The lowest BCUT2D eigenvalue weighted by molar-refractivity contribution is 0.838. The number of nitriles is 1. The van der Waals surface area contributed by atoms with Gasteiger partial charge in [-0.05, 0) is 43.4 Å². The highest BCUT2D eigenvalue weighted by molar-refractivity contribution is 5.80. The van der Waals surface area contributed by atoms with Crippen LogP contribution >= 0.6 is 0 Å². The molecule has 0 unspecified atom stereocenters. The van der Waals surface area contributed by atoms with Gasteiger partial charge in [-0.1, -0.05) is 12.1 Å². The summed E-state index contributed by atoms with van der Waals surface area (Å²) in [7, 11) is 0. The second-order valence-corrected chi connectivity index (χ2v) is 6.75. The number of aromatic nitrogens is 3. The molecule has 0 spiro atoms. The summed E-state index contributed by atoms with van der Waals surface area (Å²) in [5, 5.41) is 13.1. The lowest BCUT2D eigenvalue weighted by Crippen LogP contribution is -2.25. The number of rotatable bonds is 5. The Bertz CT molecular complexity index is 809. The lowest BCUT2D eigenvalue weighted by atomic mass is 10.2. The zero-order valence-electron chi connectivity index (χ0n) is 15.2. The number of hydrogen-bond donors (Lipinski definition) is 1. The second kappa shape index (κ2) is 7.99. The van der Waals surface area contributed by atoms with Gasteiger partial charge >= 0.3 is 0 Å². The molecule has 3 heterocycles. The van der Waals surface area contributed by atoms with Gasteiger partial charge in [0.1, 0.15) is 0 Å². The van der Waals surface area contributed by atoms with Gasteiger partial charge in [0.05, 0.1) is 17.8 Å². The Morgan fingerprint density at radius 1 is 0.889 bits per heavy atom. The average Bonchev–Trinajstić information content (AvgIpc) is 3.42. The first-order valence-corrected chi connectivity index (χ1v) is 9.37. The van der Waals surface area contributed by atoms with Crippen molar-refractivity contribution in [2.45, 2.75) is 25.7 Å². The van der Waals surface area contributed by atoms with Crippen molar-refractivity contribution >= 4 is 24.1 Å². The van der Waals surface area contributed by atoms with Gasteiger partial charge in [-0.3, -0.25) is 0 Å². The summed E-state index contributed by atoms with van der Waals surface area (Å²) in [5.74, 6) is 1.90. The molecule has 0 aliphatic carbocycles. The van der Waals surface area contributed by atoms with Gasteiger partial charge in [0, 0.05) is 26.2 Å². The van der Waals surface area contributed by atoms with Crippen molar-refractivity contribution in [1.82, 2.24) is 15.0 Å². The summed E-state index contributed by atoms with van der Waals surface area (Å²) in [6.45, 7) is 3.93. The summed E-state index contributed by atoms with van der Waals surface area (Å²) in [5.41, 5.74) is 4.46. The third kappa shape index (κ3) is 4.14. The van der Waals surface area contributed by atoms with Crippen LogP contribution in [0.5, 0.6) is 0 Å². The van der Waals surface area contributed by atoms with Gasteiger partial charge < -0.3 is 9.80 Å². The minimum Gasteiger partial charge on any atom is -0.341 e.